The average Bonchev–Trinajstić information content (AvgIpc) is 2.94. The summed E-state index contributed by atoms with van der Waals surface area (Å²) in [6.07, 6.45) is 3.26. The molecule has 0 radical (unpaired) electrons. The van der Waals surface area contributed by atoms with E-state index < -0.39 is 0 Å². The number of rotatable bonds is 4. The van der Waals surface area contributed by atoms with Gasteiger partial charge in [0.2, 0.25) is 5.91 Å². The summed E-state index contributed by atoms with van der Waals surface area (Å²) in [6.45, 7) is 7.07. The van der Waals surface area contributed by atoms with Crippen molar-refractivity contribution in [2.75, 3.05) is 13.1 Å². The summed E-state index contributed by atoms with van der Waals surface area (Å²) in [5, 5.41) is 3.03. The Bertz CT molecular complexity index is 513. The van der Waals surface area contributed by atoms with Gasteiger partial charge in [-0.2, -0.15) is 0 Å². The third-order valence-corrected chi connectivity index (χ3v) is 4.04. The monoisotopic (exact) mass is 289 g/mol. The zero-order chi connectivity index (χ0) is 15.4. The Morgan fingerprint density at radius 2 is 2.24 bits per heavy atom. The van der Waals surface area contributed by atoms with Crippen molar-refractivity contribution in [3.05, 3.63) is 29.6 Å². The predicted octanol–water partition coefficient (Wildman–Crippen LogP) is 1.77. The number of nitrogens with zero attached hydrogens (tertiary/aromatic N) is 2. The van der Waals surface area contributed by atoms with Crippen molar-refractivity contribution < 1.29 is 9.59 Å². The molecule has 0 bridgehead atoms. The van der Waals surface area contributed by atoms with Gasteiger partial charge in [-0.3, -0.25) is 14.6 Å². The van der Waals surface area contributed by atoms with E-state index in [0.29, 0.717) is 18.7 Å². The first-order valence-electron chi connectivity index (χ1n) is 7.53. The number of aryl methyl sites for hydroxylation is 1. The Balaban J connectivity index is 1.91. The number of likely N-dealkylation sites (tertiary alicyclic amines) is 1. The van der Waals surface area contributed by atoms with E-state index in [0.717, 1.165) is 18.5 Å². The molecule has 1 fully saturated rings. The average molecular weight is 289 g/mol. The van der Waals surface area contributed by atoms with Gasteiger partial charge in [0.1, 0.15) is 0 Å². The molecule has 114 valence electrons. The fourth-order valence-corrected chi connectivity index (χ4v) is 2.37. The van der Waals surface area contributed by atoms with Crippen LogP contribution in [-0.4, -0.2) is 40.8 Å². The SMILES string of the molecule is CCC(C)C(=O)N[C@@H]1CCN(C(=O)c2ccc(C)nc2)C1. The minimum Gasteiger partial charge on any atom is -0.351 e. The normalized spacial score (nSPS) is 19.4. The van der Waals surface area contributed by atoms with E-state index in [1.807, 2.05) is 26.8 Å². The molecular formula is C16H23N3O2. The third-order valence-electron chi connectivity index (χ3n) is 4.04. The largest absolute Gasteiger partial charge is 0.351 e. The quantitative estimate of drug-likeness (QED) is 0.919. The molecule has 5 heteroatoms. The maximum absolute atomic E-state index is 12.4. The lowest BCUT2D eigenvalue weighted by Gasteiger charge is -2.18. The van der Waals surface area contributed by atoms with Crippen LogP contribution in [0.15, 0.2) is 18.3 Å². The molecule has 1 unspecified atom stereocenters. The van der Waals surface area contributed by atoms with E-state index in [1.54, 1.807) is 17.2 Å². The molecule has 1 aliphatic heterocycles. The highest BCUT2D eigenvalue weighted by atomic mass is 16.2. The summed E-state index contributed by atoms with van der Waals surface area (Å²) in [5.74, 6) is 0.0904. The highest BCUT2D eigenvalue weighted by molar-refractivity contribution is 5.94. The summed E-state index contributed by atoms with van der Waals surface area (Å²) < 4.78 is 0. The van der Waals surface area contributed by atoms with Gasteiger partial charge in [0, 0.05) is 36.9 Å². The summed E-state index contributed by atoms with van der Waals surface area (Å²) >= 11 is 0. The Labute approximate surface area is 125 Å². The van der Waals surface area contributed by atoms with Gasteiger partial charge in [0.15, 0.2) is 0 Å². The summed E-state index contributed by atoms with van der Waals surface area (Å²) in [6, 6.07) is 3.70. The van der Waals surface area contributed by atoms with Crippen LogP contribution in [0.25, 0.3) is 0 Å². The molecule has 2 heterocycles. The molecule has 0 spiro atoms. The minimum atomic E-state index is -0.0113. The van der Waals surface area contributed by atoms with E-state index in [4.69, 9.17) is 0 Å². The van der Waals surface area contributed by atoms with Crippen LogP contribution in [0.5, 0.6) is 0 Å². The van der Waals surface area contributed by atoms with Crippen molar-refractivity contribution in [2.24, 2.45) is 5.92 Å². The van der Waals surface area contributed by atoms with Gasteiger partial charge in [-0.1, -0.05) is 13.8 Å². The second-order valence-electron chi connectivity index (χ2n) is 5.74. The van der Waals surface area contributed by atoms with Crippen LogP contribution < -0.4 is 5.32 Å². The summed E-state index contributed by atoms with van der Waals surface area (Å²) in [5.41, 5.74) is 1.50. The maximum atomic E-state index is 12.4. The molecule has 1 N–H and O–H groups in total. The van der Waals surface area contributed by atoms with Crippen molar-refractivity contribution in [3.8, 4) is 0 Å². The molecule has 0 aromatic carbocycles. The van der Waals surface area contributed by atoms with Crippen molar-refractivity contribution in [2.45, 2.75) is 39.7 Å². The molecule has 2 amide bonds. The lowest BCUT2D eigenvalue weighted by Crippen LogP contribution is -2.40. The second kappa shape index (κ2) is 6.70. The Morgan fingerprint density at radius 3 is 2.86 bits per heavy atom. The van der Waals surface area contributed by atoms with Gasteiger partial charge in [0.25, 0.3) is 5.91 Å². The number of carbonyl (C=O) groups excluding carboxylic acids is 2. The molecule has 0 aliphatic carbocycles. The molecule has 2 rings (SSSR count). The molecule has 21 heavy (non-hydrogen) atoms. The van der Waals surface area contributed by atoms with Crippen LogP contribution in [0.2, 0.25) is 0 Å². The molecule has 1 saturated heterocycles. The molecule has 1 aliphatic rings. The number of carbonyl (C=O) groups is 2. The van der Waals surface area contributed by atoms with E-state index in [1.165, 1.54) is 0 Å². The van der Waals surface area contributed by atoms with Crippen LogP contribution in [0, 0.1) is 12.8 Å². The van der Waals surface area contributed by atoms with Gasteiger partial charge in [-0.25, -0.2) is 0 Å². The number of pyridine rings is 1. The van der Waals surface area contributed by atoms with E-state index >= 15 is 0 Å². The maximum Gasteiger partial charge on any atom is 0.255 e. The predicted molar refractivity (Wildman–Crippen MR) is 80.9 cm³/mol. The Hall–Kier alpha value is -1.91. The van der Waals surface area contributed by atoms with E-state index in [-0.39, 0.29) is 23.8 Å². The fraction of sp³-hybridized carbons (Fsp3) is 0.562. The zero-order valence-corrected chi connectivity index (χ0v) is 12.9. The number of hydrogen-bond acceptors (Lipinski definition) is 3. The van der Waals surface area contributed by atoms with Crippen LogP contribution in [0.3, 0.4) is 0 Å². The lowest BCUT2D eigenvalue weighted by molar-refractivity contribution is -0.125. The molecule has 1 aromatic heterocycles. The van der Waals surface area contributed by atoms with Crippen molar-refractivity contribution in [1.29, 1.82) is 0 Å². The topological polar surface area (TPSA) is 62.3 Å². The van der Waals surface area contributed by atoms with Crippen molar-refractivity contribution >= 4 is 11.8 Å². The molecular weight excluding hydrogens is 266 g/mol. The Kier molecular flexibility index (Phi) is 4.94. The highest BCUT2D eigenvalue weighted by Gasteiger charge is 2.28. The number of aromatic nitrogens is 1. The van der Waals surface area contributed by atoms with Crippen LogP contribution in [0.1, 0.15) is 42.7 Å². The van der Waals surface area contributed by atoms with Crippen molar-refractivity contribution in [3.63, 3.8) is 0 Å². The van der Waals surface area contributed by atoms with Gasteiger partial charge in [-0.05, 0) is 31.9 Å². The Morgan fingerprint density at radius 1 is 1.48 bits per heavy atom. The first-order chi connectivity index (χ1) is 10.0. The zero-order valence-electron chi connectivity index (χ0n) is 12.9. The van der Waals surface area contributed by atoms with Gasteiger partial charge in [0.05, 0.1) is 5.56 Å². The lowest BCUT2D eigenvalue weighted by atomic mass is 10.1. The van der Waals surface area contributed by atoms with Crippen LogP contribution >= 0.6 is 0 Å². The van der Waals surface area contributed by atoms with E-state index in [2.05, 4.69) is 10.3 Å². The molecule has 2 atom stereocenters. The number of nitrogens with one attached hydrogen (secondary N) is 1. The second-order valence-corrected chi connectivity index (χ2v) is 5.74. The fourth-order valence-electron chi connectivity index (χ4n) is 2.37. The first-order valence-corrected chi connectivity index (χ1v) is 7.53. The summed E-state index contributed by atoms with van der Waals surface area (Å²) in [4.78, 5) is 30.2. The first kappa shape index (κ1) is 15.5. The molecule has 5 nitrogen and oxygen atoms in total. The summed E-state index contributed by atoms with van der Waals surface area (Å²) in [7, 11) is 0. The minimum absolute atomic E-state index is 0.0113. The number of hydrogen-bond donors (Lipinski definition) is 1. The number of amides is 2. The van der Waals surface area contributed by atoms with Gasteiger partial charge >= 0.3 is 0 Å². The van der Waals surface area contributed by atoms with Crippen LogP contribution in [-0.2, 0) is 4.79 Å². The van der Waals surface area contributed by atoms with E-state index in [9.17, 15) is 9.59 Å². The molecule has 1 aromatic rings. The van der Waals surface area contributed by atoms with Crippen LogP contribution in [0.4, 0.5) is 0 Å². The molecule has 0 saturated carbocycles. The van der Waals surface area contributed by atoms with Gasteiger partial charge in [-0.15, -0.1) is 0 Å². The van der Waals surface area contributed by atoms with Crippen molar-refractivity contribution in [1.82, 2.24) is 15.2 Å². The smallest absolute Gasteiger partial charge is 0.255 e. The highest BCUT2D eigenvalue weighted by Crippen LogP contribution is 2.14. The standard InChI is InChI=1S/C16H23N3O2/c1-4-11(2)15(20)18-14-7-8-19(10-14)16(21)13-6-5-12(3)17-9-13/h5-6,9,11,14H,4,7-8,10H2,1-3H3,(H,18,20)/t11?,14-/m1/s1. The van der Waals surface area contributed by atoms with Gasteiger partial charge < -0.3 is 10.2 Å². The third kappa shape index (κ3) is 3.80.